The van der Waals surface area contributed by atoms with Crippen LogP contribution < -0.4 is 5.32 Å². The minimum Gasteiger partial charge on any atom is -0.480 e. The second-order valence-corrected chi connectivity index (χ2v) is 6.70. The molecule has 0 radical (unpaired) electrons. The molecular formula is C12H12BrNO3S. The van der Waals surface area contributed by atoms with E-state index in [0.29, 0.717) is 12.8 Å². The average molecular weight is 330 g/mol. The molecule has 0 spiro atoms. The SMILES string of the molecule is O=C(/C=C/c1ccc(Br)s1)NC1(C(=O)O)CCC1. The smallest absolute Gasteiger partial charge is 0.329 e. The van der Waals surface area contributed by atoms with Crippen LogP contribution in [0.1, 0.15) is 24.1 Å². The summed E-state index contributed by atoms with van der Waals surface area (Å²) >= 11 is 4.84. The molecule has 1 aromatic rings. The van der Waals surface area contributed by atoms with Crippen molar-refractivity contribution in [1.82, 2.24) is 5.32 Å². The maximum atomic E-state index is 11.7. The first-order valence-electron chi connectivity index (χ1n) is 5.51. The van der Waals surface area contributed by atoms with Gasteiger partial charge in [0.25, 0.3) is 0 Å². The summed E-state index contributed by atoms with van der Waals surface area (Å²) in [4.78, 5) is 23.7. The van der Waals surface area contributed by atoms with Gasteiger partial charge in [0, 0.05) is 11.0 Å². The molecule has 1 heterocycles. The predicted molar refractivity (Wildman–Crippen MR) is 73.4 cm³/mol. The number of thiophene rings is 1. The van der Waals surface area contributed by atoms with Gasteiger partial charge in [-0.05, 0) is 53.4 Å². The minimum atomic E-state index is -1.04. The van der Waals surface area contributed by atoms with Gasteiger partial charge in [0.05, 0.1) is 3.79 Å². The van der Waals surface area contributed by atoms with E-state index in [1.54, 1.807) is 6.08 Å². The van der Waals surface area contributed by atoms with Gasteiger partial charge in [0.15, 0.2) is 0 Å². The fraction of sp³-hybridized carbons (Fsp3) is 0.333. The number of hydrogen-bond donors (Lipinski definition) is 2. The van der Waals surface area contributed by atoms with E-state index in [9.17, 15) is 9.59 Å². The van der Waals surface area contributed by atoms with Gasteiger partial charge in [-0.15, -0.1) is 11.3 Å². The van der Waals surface area contributed by atoms with Gasteiger partial charge in [-0.3, -0.25) is 4.79 Å². The van der Waals surface area contributed by atoms with Crippen molar-refractivity contribution in [1.29, 1.82) is 0 Å². The molecule has 96 valence electrons. The number of hydrogen-bond acceptors (Lipinski definition) is 3. The second-order valence-electron chi connectivity index (χ2n) is 4.21. The molecule has 0 saturated heterocycles. The maximum Gasteiger partial charge on any atom is 0.329 e. The first kappa shape index (κ1) is 13.3. The van der Waals surface area contributed by atoms with Gasteiger partial charge in [0.2, 0.25) is 5.91 Å². The number of rotatable bonds is 4. The van der Waals surface area contributed by atoms with E-state index in [2.05, 4.69) is 21.2 Å². The molecule has 0 atom stereocenters. The van der Waals surface area contributed by atoms with Crippen molar-refractivity contribution in [2.75, 3.05) is 0 Å². The average Bonchev–Trinajstić information content (AvgIpc) is 2.66. The quantitative estimate of drug-likeness (QED) is 0.834. The number of carboxylic acids is 1. The number of aliphatic carboxylic acids is 1. The highest BCUT2D eigenvalue weighted by Crippen LogP contribution is 2.32. The summed E-state index contributed by atoms with van der Waals surface area (Å²) in [5, 5.41) is 11.7. The monoisotopic (exact) mass is 329 g/mol. The molecule has 0 aliphatic heterocycles. The number of halogens is 1. The predicted octanol–water partition coefficient (Wildman–Crippen LogP) is 2.65. The summed E-state index contributed by atoms with van der Waals surface area (Å²) in [6, 6.07) is 3.78. The number of carbonyl (C=O) groups is 2. The Morgan fingerprint density at radius 3 is 2.61 bits per heavy atom. The molecule has 0 bridgehead atoms. The van der Waals surface area contributed by atoms with Crippen LogP contribution in [0.25, 0.3) is 6.08 Å². The van der Waals surface area contributed by atoms with Gasteiger partial charge in [-0.1, -0.05) is 0 Å². The van der Waals surface area contributed by atoms with Gasteiger partial charge < -0.3 is 10.4 Å². The Kier molecular flexibility index (Phi) is 3.87. The topological polar surface area (TPSA) is 66.4 Å². The van der Waals surface area contributed by atoms with Crippen LogP contribution in [0.3, 0.4) is 0 Å². The molecule has 0 unspecified atom stereocenters. The number of carbonyl (C=O) groups excluding carboxylic acids is 1. The van der Waals surface area contributed by atoms with Crippen molar-refractivity contribution in [3.8, 4) is 0 Å². The lowest BCUT2D eigenvalue weighted by Gasteiger charge is -2.37. The Labute approximate surface area is 117 Å². The first-order valence-corrected chi connectivity index (χ1v) is 7.12. The van der Waals surface area contributed by atoms with Crippen molar-refractivity contribution in [3.63, 3.8) is 0 Å². The van der Waals surface area contributed by atoms with Crippen LogP contribution in [0.5, 0.6) is 0 Å². The molecule has 1 aliphatic carbocycles. The number of amides is 1. The molecule has 1 aromatic heterocycles. The molecule has 1 aliphatic rings. The van der Waals surface area contributed by atoms with Crippen LogP contribution in [-0.2, 0) is 9.59 Å². The zero-order valence-corrected chi connectivity index (χ0v) is 11.9. The van der Waals surface area contributed by atoms with Gasteiger partial charge in [0.1, 0.15) is 5.54 Å². The van der Waals surface area contributed by atoms with Gasteiger partial charge in [-0.2, -0.15) is 0 Å². The summed E-state index contributed by atoms with van der Waals surface area (Å²) in [6.45, 7) is 0. The summed E-state index contributed by atoms with van der Waals surface area (Å²) < 4.78 is 0.989. The van der Waals surface area contributed by atoms with Crippen LogP contribution in [0.2, 0.25) is 0 Å². The zero-order valence-electron chi connectivity index (χ0n) is 9.48. The highest BCUT2D eigenvalue weighted by Gasteiger charge is 2.45. The lowest BCUT2D eigenvalue weighted by atomic mass is 9.77. The third kappa shape index (κ3) is 2.81. The minimum absolute atomic E-state index is 0.360. The molecule has 6 heteroatoms. The van der Waals surface area contributed by atoms with Crippen molar-refractivity contribution < 1.29 is 14.7 Å². The van der Waals surface area contributed by atoms with Crippen molar-refractivity contribution in [2.45, 2.75) is 24.8 Å². The van der Waals surface area contributed by atoms with E-state index in [-0.39, 0.29) is 5.91 Å². The second kappa shape index (κ2) is 5.24. The van der Waals surface area contributed by atoms with E-state index in [0.717, 1.165) is 15.1 Å². The highest BCUT2D eigenvalue weighted by molar-refractivity contribution is 9.11. The highest BCUT2D eigenvalue weighted by atomic mass is 79.9. The van der Waals surface area contributed by atoms with Crippen molar-refractivity contribution >= 4 is 45.2 Å². The standard InChI is InChI=1S/C12H12BrNO3S/c13-9-4-2-8(18-9)3-5-10(15)14-12(11(16)17)6-1-7-12/h2-5H,1,6-7H2,(H,14,15)(H,16,17)/b5-3+. The third-order valence-electron chi connectivity index (χ3n) is 2.97. The molecule has 4 nitrogen and oxygen atoms in total. The van der Waals surface area contributed by atoms with Crippen LogP contribution in [0.4, 0.5) is 0 Å². The van der Waals surface area contributed by atoms with Gasteiger partial charge >= 0.3 is 5.97 Å². The number of nitrogens with one attached hydrogen (secondary N) is 1. The normalized spacial score (nSPS) is 17.4. The largest absolute Gasteiger partial charge is 0.480 e. The Hall–Kier alpha value is -1.14. The molecule has 0 aromatic carbocycles. The Morgan fingerprint density at radius 1 is 1.44 bits per heavy atom. The van der Waals surface area contributed by atoms with E-state index in [1.165, 1.54) is 17.4 Å². The summed E-state index contributed by atoms with van der Waals surface area (Å²) in [5.41, 5.74) is -1.04. The van der Waals surface area contributed by atoms with Crippen LogP contribution >= 0.6 is 27.3 Å². The molecule has 2 rings (SSSR count). The third-order valence-corrected chi connectivity index (χ3v) is 4.56. The van der Waals surface area contributed by atoms with Crippen molar-refractivity contribution in [2.24, 2.45) is 0 Å². The van der Waals surface area contributed by atoms with E-state index >= 15 is 0 Å². The molecular weight excluding hydrogens is 318 g/mol. The zero-order chi connectivity index (χ0) is 13.2. The Morgan fingerprint density at radius 2 is 2.17 bits per heavy atom. The summed E-state index contributed by atoms with van der Waals surface area (Å²) in [5.74, 6) is -1.31. The Balaban J connectivity index is 1.96. The number of carboxylic acid groups (broad SMARTS) is 1. The molecule has 18 heavy (non-hydrogen) atoms. The summed E-state index contributed by atoms with van der Waals surface area (Å²) in [7, 11) is 0. The fourth-order valence-electron chi connectivity index (χ4n) is 1.78. The summed E-state index contributed by atoms with van der Waals surface area (Å²) in [6.07, 6.45) is 4.91. The van der Waals surface area contributed by atoms with E-state index in [1.807, 2.05) is 12.1 Å². The lowest BCUT2D eigenvalue weighted by Crippen LogP contribution is -2.58. The first-order chi connectivity index (χ1) is 8.52. The molecule has 2 N–H and O–H groups in total. The van der Waals surface area contributed by atoms with Crippen LogP contribution in [-0.4, -0.2) is 22.5 Å². The lowest BCUT2D eigenvalue weighted by molar-refractivity contribution is -0.151. The van der Waals surface area contributed by atoms with E-state index in [4.69, 9.17) is 5.11 Å². The van der Waals surface area contributed by atoms with Gasteiger partial charge in [-0.25, -0.2) is 4.79 Å². The van der Waals surface area contributed by atoms with Crippen molar-refractivity contribution in [3.05, 3.63) is 26.9 Å². The molecule has 1 amide bonds. The van der Waals surface area contributed by atoms with Crippen LogP contribution in [0, 0.1) is 0 Å². The fourth-order valence-corrected chi connectivity index (χ4v) is 3.10. The van der Waals surface area contributed by atoms with Crippen LogP contribution in [0.15, 0.2) is 22.0 Å². The molecule has 1 fully saturated rings. The Bertz CT molecular complexity index is 505. The van der Waals surface area contributed by atoms with E-state index < -0.39 is 11.5 Å². The maximum absolute atomic E-state index is 11.7. The molecule has 1 saturated carbocycles.